The van der Waals surface area contributed by atoms with E-state index < -0.39 is 55.3 Å². The molecular formula is C13H13ClN2O8. The van der Waals surface area contributed by atoms with E-state index in [2.05, 4.69) is 0 Å². The fraction of sp³-hybridized carbons (Fsp3) is 0.385. The molecule has 0 heterocycles. The van der Waals surface area contributed by atoms with Gasteiger partial charge in [-0.15, -0.1) is 0 Å². The fourth-order valence-corrected chi connectivity index (χ4v) is 2.06. The molecule has 1 aromatic rings. The van der Waals surface area contributed by atoms with Crippen molar-refractivity contribution in [2.24, 2.45) is 0 Å². The summed E-state index contributed by atoms with van der Waals surface area (Å²) >= 11 is 5.68. The molecule has 1 atom stereocenters. The third-order valence-corrected chi connectivity index (χ3v) is 2.99. The van der Waals surface area contributed by atoms with E-state index in [1.807, 2.05) is 0 Å². The van der Waals surface area contributed by atoms with E-state index in [-0.39, 0.29) is 0 Å². The number of carboxylic acid groups (broad SMARTS) is 1. The van der Waals surface area contributed by atoms with Crippen LogP contribution in [0.2, 0.25) is 5.02 Å². The van der Waals surface area contributed by atoms with Crippen LogP contribution in [0, 0.1) is 20.2 Å². The summed E-state index contributed by atoms with van der Waals surface area (Å²) in [6.07, 6.45) is 0. The van der Waals surface area contributed by atoms with Gasteiger partial charge in [0.2, 0.25) is 0 Å². The molecule has 0 radical (unpaired) electrons. The average Bonchev–Trinajstić information content (AvgIpc) is 2.35. The van der Waals surface area contributed by atoms with Crippen molar-refractivity contribution in [3.63, 3.8) is 0 Å². The van der Waals surface area contributed by atoms with Crippen molar-refractivity contribution >= 4 is 34.9 Å². The molecule has 11 heteroatoms. The molecule has 24 heavy (non-hydrogen) atoms. The Bertz CT molecular complexity index is 725. The van der Waals surface area contributed by atoms with Gasteiger partial charge in [-0.1, -0.05) is 11.6 Å². The molecule has 0 aliphatic rings. The minimum Gasteiger partial charge on any atom is -0.480 e. The molecule has 0 spiro atoms. The van der Waals surface area contributed by atoms with Crippen LogP contribution in [0.25, 0.3) is 0 Å². The smallest absolute Gasteiger partial charge is 0.325 e. The first-order valence-electron chi connectivity index (χ1n) is 6.43. The maximum absolute atomic E-state index is 12.1. The molecule has 10 nitrogen and oxygen atoms in total. The van der Waals surface area contributed by atoms with Crippen molar-refractivity contribution in [1.82, 2.24) is 0 Å². The number of aliphatic carboxylic acids is 1. The first-order chi connectivity index (χ1) is 10.8. The van der Waals surface area contributed by atoms with Gasteiger partial charge in [-0.25, -0.2) is 0 Å². The summed E-state index contributed by atoms with van der Waals surface area (Å²) in [6, 6.07) is 1.23. The van der Waals surface area contributed by atoms with Crippen LogP contribution in [0.15, 0.2) is 12.1 Å². The number of carboxylic acids is 1. The third-order valence-electron chi connectivity index (χ3n) is 2.69. The highest BCUT2D eigenvalue weighted by atomic mass is 35.5. The largest absolute Gasteiger partial charge is 0.480 e. The number of nitrogens with zero attached hydrogens (tertiary/aromatic N) is 2. The van der Waals surface area contributed by atoms with Crippen LogP contribution in [0.1, 0.15) is 32.3 Å². The van der Waals surface area contributed by atoms with Crippen LogP contribution in [0.5, 0.6) is 0 Å². The number of hydrogen-bond acceptors (Lipinski definition) is 7. The van der Waals surface area contributed by atoms with Crippen molar-refractivity contribution in [2.75, 3.05) is 0 Å². The van der Waals surface area contributed by atoms with E-state index in [1.54, 1.807) is 0 Å². The molecule has 0 aromatic heterocycles. The van der Waals surface area contributed by atoms with Gasteiger partial charge in [0.1, 0.15) is 10.6 Å². The fourth-order valence-electron chi connectivity index (χ4n) is 1.82. The third kappa shape index (κ3) is 4.38. The summed E-state index contributed by atoms with van der Waals surface area (Å²) in [7, 11) is 0. The van der Waals surface area contributed by atoms with Crippen molar-refractivity contribution in [2.45, 2.75) is 32.3 Å². The molecule has 0 amide bonds. The lowest BCUT2D eigenvalue weighted by atomic mass is 9.96. The summed E-state index contributed by atoms with van der Waals surface area (Å²) in [4.78, 5) is 43.5. The molecule has 0 aliphatic heterocycles. The Balaban J connectivity index is 3.56. The normalized spacial score (nSPS) is 12.3. The second-order valence-corrected chi connectivity index (χ2v) is 6.09. The minimum atomic E-state index is -2.05. The number of carbonyl (C=O) groups excluding carboxylic acids is 1. The number of nitro benzene ring substituents is 2. The lowest BCUT2D eigenvalue weighted by molar-refractivity contribution is -0.394. The summed E-state index contributed by atoms with van der Waals surface area (Å²) in [5.41, 5.74) is -3.33. The second-order valence-electron chi connectivity index (χ2n) is 5.68. The van der Waals surface area contributed by atoms with Crippen molar-refractivity contribution in [3.05, 3.63) is 42.9 Å². The standard InChI is InChI=1S/C13H13ClN2O8/c1-13(2,3)24-12(19)10(11(17)18)6-4-7(14)9(16(22)23)5-8(6)15(20)21/h4-5,10H,1-3H3,(H,17,18). The highest BCUT2D eigenvalue weighted by molar-refractivity contribution is 6.33. The zero-order valence-electron chi connectivity index (χ0n) is 12.8. The predicted molar refractivity (Wildman–Crippen MR) is 81.0 cm³/mol. The Morgan fingerprint density at radius 2 is 1.67 bits per heavy atom. The van der Waals surface area contributed by atoms with E-state index in [9.17, 15) is 34.9 Å². The van der Waals surface area contributed by atoms with Crippen molar-refractivity contribution in [3.8, 4) is 0 Å². The number of nitro groups is 2. The zero-order valence-corrected chi connectivity index (χ0v) is 13.6. The topological polar surface area (TPSA) is 150 Å². The van der Waals surface area contributed by atoms with E-state index >= 15 is 0 Å². The van der Waals surface area contributed by atoms with Crippen molar-refractivity contribution in [1.29, 1.82) is 0 Å². The number of rotatable bonds is 5. The molecule has 1 N–H and O–H groups in total. The maximum Gasteiger partial charge on any atom is 0.325 e. The zero-order chi connectivity index (χ0) is 18.8. The summed E-state index contributed by atoms with van der Waals surface area (Å²) in [6.45, 7) is 4.46. The van der Waals surface area contributed by atoms with Gasteiger partial charge in [0.05, 0.1) is 21.5 Å². The van der Waals surface area contributed by atoms with Gasteiger partial charge < -0.3 is 9.84 Å². The van der Waals surface area contributed by atoms with Gasteiger partial charge in [-0.2, -0.15) is 0 Å². The van der Waals surface area contributed by atoms with Crippen LogP contribution < -0.4 is 0 Å². The van der Waals surface area contributed by atoms with Gasteiger partial charge in [-0.3, -0.25) is 29.8 Å². The Morgan fingerprint density at radius 3 is 2.04 bits per heavy atom. The number of hydrogen-bond donors (Lipinski definition) is 1. The SMILES string of the molecule is CC(C)(C)OC(=O)C(C(=O)O)c1cc(Cl)c([N+](=O)[O-])cc1[N+](=O)[O-]. The average molecular weight is 361 g/mol. The van der Waals surface area contributed by atoms with Crippen LogP contribution >= 0.6 is 11.6 Å². The monoisotopic (exact) mass is 360 g/mol. The predicted octanol–water partition coefficient (Wildman–Crippen LogP) is 2.67. The molecular weight excluding hydrogens is 348 g/mol. The molecule has 0 bridgehead atoms. The van der Waals surface area contributed by atoms with E-state index in [4.69, 9.17) is 16.3 Å². The molecule has 1 unspecified atom stereocenters. The molecule has 1 rings (SSSR count). The van der Waals surface area contributed by atoms with Gasteiger partial charge in [0.15, 0.2) is 5.92 Å². The van der Waals surface area contributed by atoms with Crippen LogP contribution in [0.3, 0.4) is 0 Å². The van der Waals surface area contributed by atoms with E-state index in [0.29, 0.717) is 6.07 Å². The lowest BCUT2D eigenvalue weighted by Gasteiger charge is -2.22. The van der Waals surface area contributed by atoms with Crippen molar-refractivity contribution < 1.29 is 29.3 Å². The van der Waals surface area contributed by atoms with Crippen LogP contribution in [-0.2, 0) is 14.3 Å². The first-order valence-corrected chi connectivity index (χ1v) is 6.81. The van der Waals surface area contributed by atoms with Gasteiger partial charge in [0.25, 0.3) is 11.4 Å². The highest BCUT2D eigenvalue weighted by Crippen LogP contribution is 2.37. The number of esters is 1. The number of halogens is 1. The second kappa shape index (κ2) is 6.79. The lowest BCUT2D eigenvalue weighted by Crippen LogP contribution is -2.31. The number of carbonyl (C=O) groups is 2. The Kier molecular flexibility index (Phi) is 5.46. The molecule has 0 fully saturated rings. The Morgan fingerprint density at radius 1 is 1.17 bits per heavy atom. The number of benzene rings is 1. The van der Waals surface area contributed by atoms with Crippen LogP contribution in [-0.4, -0.2) is 32.5 Å². The highest BCUT2D eigenvalue weighted by Gasteiger charge is 2.39. The minimum absolute atomic E-state index is 0.512. The van der Waals surface area contributed by atoms with Crippen LogP contribution in [0.4, 0.5) is 11.4 Å². The molecule has 0 saturated heterocycles. The molecule has 0 aliphatic carbocycles. The Labute approximate surface area is 140 Å². The van der Waals surface area contributed by atoms with Gasteiger partial charge >= 0.3 is 11.9 Å². The Hall–Kier alpha value is -2.75. The first kappa shape index (κ1) is 19.3. The molecule has 1 aromatic carbocycles. The molecule has 0 saturated carbocycles. The van der Waals surface area contributed by atoms with Gasteiger partial charge in [0, 0.05) is 0 Å². The molecule has 130 valence electrons. The van der Waals surface area contributed by atoms with Gasteiger partial charge in [-0.05, 0) is 26.8 Å². The maximum atomic E-state index is 12.1. The number of ether oxygens (including phenoxy) is 1. The van der Waals surface area contributed by atoms with E-state index in [1.165, 1.54) is 20.8 Å². The summed E-state index contributed by atoms with van der Waals surface area (Å²) in [5, 5.41) is 30.7. The quantitative estimate of drug-likeness (QED) is 0.364. The van der Waals surface area contributed by atoms with E-state index in [0.717, 1.165) is 6.07 Å². The summed E-state index contributed by atoms with van der Waals surface area (Å²) in [5.74, 6) is -5.01. The summed E-state index contributed by atoms with van der Waals surface area (Å²) < 4.78 is 4.95.